The molecule has 3 aromatic rings. The van der Waals surface area contributed by atoms with Crippen LogP contribution in [0, 0.1) is 13.8 Å². The Labute approximate surface area is 105 Å². The van der Waals surface area contributed by atoms with Crippen LogP contribution >= 0.6 is 0 Å². The van der Waals surface area contributed by atoms with E-state index < -0.39 is 0 Å². The van der Waals surface area contributed by atoms with E-state index in [2.05, 4.69) is 31.0 Å². The molecule has 0 saturated heterocycles. The molecule has 3 rings (SSSR count). The predicted octanol–water partition coefficient (Wildman–Crippen LogP) is 3.69. The van der Waals surface area contributed by atoms with Crippen molar-refractivity contribution in [3.8, 4) is 11.5 Å². The van der Waals surface area contributed by atoms with Gasteiger partial charge < -0.3 is 10.2 Å². The van der Waals surface area contributed by atoms with E-state index in [0.29, 0.717) is 11.6 Å². The molecule has 0 radical (unpaired) electrons. The number of aromatic nitrogens is 1. The molecule has 0 saturated carbocycles. The van der Waals surface area contributed by atoms with E-state index in [1.165, 1.54) is 11.1 Å². The van der Waals surface area contributed by atoms with Crippen molar-refractivity contribution in [1.29, 1.82) is 0 Å². The second-order valence-corrected chi connectivity index (χ2v) is 4.55. The summed E-state index contributed by atoms with van der Waals surface area (Å²) in [6.45, 7) is 4.17. The minimum Gasteiger partial charge on any atom is -0.436 e. The van der Waals surface area contributed by atoms with Crippen LogP contribution in [0.3, 0.4) is 0 Å². The Kier molecular flexibility index (Phi) is 2.33. The van der Waals surface area contributed by atoms with Crippen LogP contribution < -0.4 is 5.73 Å². The summed E-state index contributed by atoms with van der Waals surface area (Å²) in [4.78, 5) is 4.47. The molecule has 3 heteroatoms. The van der Waals surface area contributed by atoms with Crippen LogP contribution in [0.4, 0.5) is 5.69 Å². The number of nitrogen functional groups attached to an aromatic ring is 1. The van der Waals surface area contributed by atoms with Crippen molar-refractivity contribution in [3.63, 3.8) is 0 Å². The molecule has 1 heterocycles. The summed E-state index contributed by atoms with van der Waals surface area (Å²) in [7, 11) is 0. The van der Waals surface area contributed by atoms with E-state index in [0.717, 1.165) is 16.7 Å². The Hall–Kier alpha value is -2.29. The lowest BCUT2D eigenvalue weighted by molar-refractivity contribution is 0.620. The second-order valence-electron chi connectivity index (χ2n) is 4.55. The van der Waals surface area contributed by atoms with Crippen LogP contribution in [0.2, 0.25) is 0 Å². The monoisotopic (exact) mass is 238 g/mol. The Balaban J connectivity index is 2.16. The predicted molar refractivity (Wildman–Crippen MR) is 73.3 cm³/mol. The molecular weight excluding hydrogens is 224 g/mol. The van der Waals surface area contributed by atoms with Gasteiger partial charge in [-0.3, -0.25) is 0 Å². The molecular formula is C15H14N2O. The summed E-state index contributed by atoms with van der Waals surface area (Å²) in [6, 6.07) is 11.7. The number of nitrogens with zero attached hydrogens (tertiary/aromatic N) is 1. The van der Waals surface area contributed by atoms with Gasteiger partial charge >= 0.3 is 0 Å². The van der Waals surface area contributed by atoms with Gasteiger partial charge in [-0.15, -0.1) is 0 Å². The normalized spacial score (nSPS) is 11.0. The maximum Gasteiger partial charge on any atom is 0.227 e. The lowest BCUT2D eigenvalue weighted by Crippen LogP contribution is -1.83. The van der Waals surface area contributed by atoms with Crippen LogP contribution in [-0.4, -0.2) is 4.98 Å². The first-order valence-corrected chi connectivity index (χ1v) is 5.87. The zero-order chi connectivity index (χ0) is 12.7. The topological polar surface area (TPSA) is 52.0 Å². The lowest BCUT2D eigenvalue weighted by Gasteiger charge is -2.01. The second kappa shape index (κ2) is 3.88. The number of hydrogen-bond donors (Lipinski definition) is 1. The molecule has 0 spiro atoms. The fourth-order valence-electron chi connectivity index (χ4n) is 1.94. The first-order chi connectivity index (χ1) is 8.63. The van der Waals surface area contributed by atoms with E-state index in [1.807, 2.05) is 24.3 Å². The van der Waals surface area contributed by atoms with Gasteiger partial charge in [0.2, 0.25) is 5.89 Å². The molecule has 3 nitrogen and oxygen atoms in total. The number of hydrogen-bond acceptors (Lipinski definition) is 3. The number of anilines is 1. The van der Waals surface area contributed by atoms with Gasteiger partial charge in [-0.1, -0.05) is 6.07 Å². The van der Waals surface area contributed by atoms with Gasteiger partial charge in [0.1, 0.15) is 5.52 Å². The molecule has 2 aromatic carbocycles. The highest BCUT2D eigenvalue weighted by Crippen LogP contribution is 2.26. The minimum absolute atomic E-state index is 0.638. The Morgan fingerprint density at radius 1 is 1.00 bits per heavy atom. The van der Waals surface area contributed by atoms with Gasteiger partial charge in [0.25, 0.3) is 0 Å². The maximum atomic E-state index is 5.74. The summed E-state index contributed by atoms with van der Waals surface area (Å²) < 4.78 is 5.74. The number of oxazole rings is 1. The van der Waals surface area contributed by atoms with Crippen molar-refractivity contribution in [2.75, 3.05) is 5.73 Å². The average molecular weight is 238 g/mol. The third-order valence-corrected chi connectivity index (χ3v) is 3.17. The molecule has 90 valence electrons. The first kappa shape index (κ1) is 10.8. The molecule has 0 aliphatic rings. The van der Waals surface area contributed by atoms with Crippen molar-refractivity contribution < 1.29 is 4.42 Å². The number of aryl methyl sites for hydroxylation is 2. The molecule has 0 atom stereocenters. The van der Waals surface area contributed by atoms with Crippen molar-refractivity contribution in [3.05, 3.63) is 47.5 Å². The molecule has 1 aromatic heterocycles. The summed E-state index contributed by atoms with van der Waals surface area (Å²) >= 11 is 0. The van der Waals surface area contributed by atoms with E-state index in [-0.39, 0.29) is 0 Å². The van der Waals surface area contributed by atoms with Crippen molar-refractivity contribution >= 4 is 16.8 Å². The SMILES string of the molecule is Cc1ccc(-c2nc3cc(N)ccc3o2)cc1C. The zero-order valence-corrected chi connectivity index (χ0v) is 10.4. The van der Waals surface area contributed by atoms with Gasteiger partial charge in [-0.25, -0.2) is 4.98 Å². The molecule has 2 N–H and O–H groups in total. The zero-order valence-electron chi connectivity index (χ0n) is 10.4. The summed E-state index contributed by atoms with van der Waals surface area (Å²) in [5.41, 5.74) is 11.5. The van der Waals surface area contributed by atoms with Crippen molar-refractivity contribution in [1.82, 2.24) is 4.98 Å². The molecule has 0 unspecified atom stereocenters. The molecule has 0 bridgehead atoms. The molecule has 0 aliphatic heterocycles. The number of fused-ring (bicyclic) bond motifs is 1. The fourth-order valence-corrected chi connectivity index (χ4v) is 1.94. The fraction of sp³-hybridized carbons (Fsp3) is 0.133. The standard InChI is InChI=1S/C15H14N2O/c1-9-3-4-11(7-10(9)2)15-17-13-8-12(16)5-6-14(13)18-15/h3-8H,16H2,1-2H3. The Bertz CT molecular complexity index is 728. The van der Waals surface area contributed by atoms with Crippen molar-refractivity contribution in [2.24, 2.45) is 0 Å². The van der Waals surface area contributed by atoms with E-state index in [1.54, 1.807) is 0 Å². The summed E-state index contributed by atoms with van der Waals surface area (Å²) in [5.74, 6) is 0.638. The lowest BCUT2D eigenvalue weighted by atomic mass is 10.1. The first-order valence-electron chi connectivity index (χ1n) is 5.87. The van der Waals surface area contributed by atoms with Crippen LogP contribution in [0.1, 0.15) is 11.1 Å². The quantitative estimate of drug-likeness (QED) is 0.658. The van der Waals surface area contributed by atoms with Gasteiger partial charge in [0.05, 0.1) is 0 Å². The maximum absolute atomic E-state index is 5.74. The van der Waals surface area contributed by atoms with Crippen LogP contribution in [0.15, 0.2) is 40.8 Å². The van der Waals surface area contributed by atoms with Crippen LogP contribution in [0.25, 0.3) is 22.6 Å². The summed E-state index contributed by atoms with van der Waals surface area (Å²) in [5, 5.41) is 0. The molecule has 0 aliphatic carbocycles. The highest BCUT2D eigenvalue weighted by molar-refractivity contribution is 5.79. The molecule has 0 fully saturated rings. The third-order valence-electron chi connectivity index (χ3n) is 3.17. The largest absolute Gasteiger partial charge is 0.436 e. The number of benzene rings is 2. The van der Waals surface area contributed by atoms with Crippen LogP contribution in [0.5, 0.6) is 0 Å². The summed E-state index contributed by atoms with van der Waals surface area (Å²) in [6.07, 6.45) is 0. The van der Waals surface area contributed by atoms with Gasteiger partial charge in [-0.05, 0) is 55.3 Å². The molecule has 18 heavy (non-hydrogen) atoms. The third kappa shape index (κ3) is 1.74. The smallest absolute Gasteiger partial charge is 0.227 e. The highest BCUT2D eigenvalue weighted by Gasteiger charge is 2.08. The van der Waals surface area contributed by atoms with Crippen molar-refractivity contribution in [2.45, 2.75) is 13.8 Å². The van der Waals surface area contributed by atoms with Gasteiger partial charge in [0, 0.05) is 11.3 Å². The van der Waals surface area contributed by atoms with Crippen LogP contribution in [-0.2, 0) is 0 Å². The number of nitrogens with two attached hydrogens (primary N) is 1. The minimum atomic E-state index is 0.638. The molecule has 0 amide bonds. The Morgan fingerprint density at radius 3 is 2.61 bits per heavy atom. The van der Waals surface area contributed by atoms with Gasteiger partial charge in [0.15, 0.2) is 5.58 Å². The highest BCUT2D eigenvalue weighted by atomic mass is 16.3. The van der Waals surface area contributed by atoms with E-state index >= 15 is 0 Å². The van der Waals surface area contributed by atoms with E-state index in [4.69, 9.17) is 10.2 Å². The average Bonchev–Trinajstić information content (AvgIpc) is 2.75. The number of rotatable bonds is 1. The van der Waals surface area contributed by atoms with Gasteiger partial charge in [-0.2, -0.15) is 0 Å². The van der Waals surface area contributed by atoms with E-state index in [9.17, 15) is 0 Å². The Morgan fingerprint density at radius 2 is 1.83 bits per heavy atom.